The number of carbonyl (C=O) groups is 3. The molecule has 40 heavy (non-hydrogen) atoms. The molecule has 2 saturated heterocycles. The van der Waals surface area contributed by atoms with Crippen LogP contribution in [0.15, 0.2) is 48.8 Å². The first kappa shape index (κ1) is 32.3. The second-order valence-electron chi connectivity index (χ2n) is 8.72. The third-order valence-corrected chi connectivity index (χ3v) is 6.04. The maximum Gasteiger partial charge on any atom is 0.490 e. The number of benzene rings is 1. The molecule has 0 saturated carbocycles. The molecule has 9 nitrogen and oxygen atoms in total. The molecule has 1 aromatic carbocycles. The number of nitrogens with zero attached hydrogens (tertiary/aromatic N) is 2. The number of likely N-dealkylation sites (tertiary alicyclic amines) is 1. The molecule has 2 atom stereocenters. The van der Waals surface area contributed by atoms with Gasteiger partial charge in [-0.15, -0.1) is 0 Å². The van der Waals surface area contributed by atoms with E-state index in [1.807, 2.05) is 18.2 Å². The van der Waals surface area contributed by atoms with Gasteiger partial charge in [0.1, 0.15) is 11.6 Å². The highest BCUT2D eigenvalue weighted by atomic mass is 19.4. The van der Waals surface area contributed by atoms with E-state index in [1.165, 1.54) is 6.07 Å². The van der Waals surface area contributed by atoms with Crippen molar-refractivity contribution < 1.29 is 60.1 Å². The van der Waals surface area contributed by atoms with Crippen LogP contribution in [-0.2, 0) is 20.9 Å². The van der Waals surface area contributed by atoms with Gasteiger partial charge in [-0.2, -0.15) is 26.3 Å². The summed E-state index contributed by atoms with van der Waals surface area (Å²) in [5, 5.41) is 17.2. The Morgan fingerprint density at radius 3 is 2.17 bits per heavy atom. The van der Waals surface area contributed by atoms with Crippen molar-refractivity contribution in [2.45, 2.75) is 25.3 Å². The molecule has 3 N–H and O–H groups in total. The van der Waals surface area contributed by atoms with Gasteiger partial charge in [0.25, 0.3) is 0 Å². The lowest BCUT2D eigenvalue weighted by Gasteiger charge is -2.28. The number of rotatable bonds is 5. The molecule has 2 aromatic rings. The van der Waals surface area contributed by atoms with Gasteiger partial charge in [-0.05, 0) is 31.2 Å². The second kappa shape index (κ2) is 13.4. The fourth-order valence-electron chi connectivity index (χ4n) is 4.06. The molecule has 1 spiro atoms. The second-order valence-corrected chi connectivity index (χ2v) is 8.72. The molecule has 16 heteroatoms. The zero-order valence-electron chi connectivity index (χ0n) is 20.5. The fourth-order valence-corrected chi connectivity index (χ4v) is 4.06. The van der Waals surface area contributed by atoms with Gasteiger partial charge in [0.05, 0.1) is 18.2 Å². The third kappa shape index (κ3) is 9.07. The smallest absolute Gasteiger partial charge is 0.490 e. The third-order valence-electron chi connectivity index (χ3n) is 6.04. The van der Waals surface area contributed by atoms with Crippen LogP contribution < -0.4 is 10.1 Å². The van der Waals surface area contributed by atoms with Crippen LogP contribution >= 0.6 is 0 Å². The number of alkyl halides is 6. The van der Waals surface area contributed by atoms with Crippen LogP contribution in [0.5, 0.6) is 5.75 Å². The first-order valence-electron chi connectivity index (χ1n) is 11.4. The van der Waals surface area contributed by atoms with Crippen LogP contribution in [-0.4, -0.2) is 76.5 Å². The summed E-state index contributed by atoms with van der Waals surface area (Å²) in [4.78, 5) is 36.6. The van der Waals surface area contributed by atoms with Crippen molar-refractivity contribution in [1.82, 2.24) is 15.2 Å². The summed E-state index contributed by atoms with van der Waals surface area (Å²) < 4.78 is 83.3. The van der Waals surface area contributed by atoms with Crippen molar-refractivity contribution in [3.05, 3.63) is 60.2 Å². The summed E-state index contributed by atoms with van der Waals surface area (Å²) in [6.45, 7) is 3.03. The first-order valence-corrected chi connectivity index (χ1v) is 11.4. The van der Waals surface area contributed by atoms with Crippen molar-refractivity contribution in [2.24, 2.45) is 11.3 Å². The van der Waals surface area contributed by atoms with Gasteiger partial charge in [0.2, 0.25) is 5.91 Å². The maximum atomic E-state index is 13.9. The Labute approximate surface area is 222 Å². The summed E-state index contributed by atoms with van der Waals surface area (Å²) >= 11 is 0. The normalized spacial score (nSPS) is 20.6. The Kier molecular flexibility index (Phi) is 10.8. The number of aliphatic carboxylic acids is 2. The van der Waals surface area contributed by atoms with Crippen LogP contribution in [0.25, 0.3) is 0 Å². The number of amides is 1. The maximum absolute atomic E-state index is 13.9. The minimum absolute atomic E-state index is 0.0910. The van der Waals surface area contributed by atoms with E-state index in [1.54, 1.807) is 24.5 Å². The number of nitrogens with one attached hydrogen (secondary N) is 1. The van der Waals surface area contributed by atoms with Gasteiger partial charge >= 0.3 is 24.3 Å². The number of carboxylic acid groups (broad SMARTS) is 2. The van der Waals surface area contributed by atoms with Crippen molar-refractivity contribution >= 4 is 17.8 Å². The SMILES string of the molecule is O=C(O)C(F)(F)F.O=C(O)C(F)(F)F.O=C1NC[C@H](COc2cccnc2)[C@]12CCN(Cc1ccccc1F)C2. The molecular weight excluding hydrogens is 559 g/mol. The van der Waals surface area contributed by atoms with E-state index < -0.39 is 29.7 Å². The summed E-state index contributed by atoms with van der Waals surface area (Å²) in [6.07, 6.45) is -6.02. The van der Waals surface area contributed by atoms with Crippen molar-refractivity contribution in [3.8, 4) is 5.75 Å². The highest BCUT2D eigenvalue weighted by molar-refractivity contribution is 5.86. The van der Waals surface area contributed by atoms with E-state index in [2.05, 4.69) is 15.2 Å². The molecule has 0 bridgehead atoms. The molecular formula is C24H24F7N3O6. The molecule has 2 aliphatic heterocycles. The Hall–Kier alpha value is -3.95. The predicted octanol–water partition coefficient (Wildman–Crippen LogP) is 3.50. The Balaban J connectivity index is 0.000000333. The number of ether oxygens (including phenoxy) is 1. The summed E-state index contributed by atoms with van der Waals surface area (Å²) in [5.74, 6) is -4.81. The highest BCUT2D eigenvalue weighted by Gasteiger charge is 2.54. The van der Waals surface area contributed by atoms with Crippen LogP contribution in [0.1, 0.15) is 12.0 Å². The zero-order valence-corrected chi connectivity index (χ0v) is 20.5. The summed E-state index contributed by atoms with van der Waals surface area (Å²) in [5.41, 5.74) is 0.221. The minimum atomic E-state index is -5.08. The Bertz CT molecular complexity index is 1140. The van der Waals surface area contributed by atoms with Gasteiger partial charge < -0.3 is 20.3 Å². The van der Waals surface area contributed by atoms with E-state index in [4.69, 9.17) is 24.5 Å². The molecule has 3 heterocycles. The van der Waals surface area contributed by atoms with E-state index >= 15 is 0 Å². The number of aromatic nitrogens is 1. The van der Waals surface area contributed by atoms with Gasteiger partial charge in [-0.25, -0.2) is 14.0 Å². The van der Waals surface area contributed by atoms with E-state index in [0.717, 1.165) is 13.0 Å². The average molecular weight is 583 g/mol. The fraction of sp³-hybridized carbons (Fsp3) is 0.417. The van der Waals surface area contributed by atoms with Gasteiger partial charge in [-0.3, -0.25) is 14.7 Å². The average Bonchev–Trinajstić information content (AvgIpc) is 3.43. The number of hydrogen-bond donors (Lipinski definition) is 3. The Morgan fingerprint density at radius 2 is 1.65 bits per heavy atom. The van der Waals surface area contributed by atoms with E-state index in [9.17, 15) is 35.5 Å². The van der Waals surface area contributed by atoms with Crippen LogP contribution in [0.3, 0.4) is 0 Å². The first-order chi connectivity index (χ1) is 18.6. The molecule has 4 rings (SSSR count). The van der Waals surface area contributed by atoms with Crippen molar-refractivity contribution in [3.63, 3.8) is 0 Å². The topological polar surface area (TPSA) is 129 Å². The quantitative estimate of drug-likeness (QED) is 0.457. The van der Waals surface area contributed by atoms with E-state index in [0.29, 0.717) is 37.6 Å². The van der Waals surface area contributed by atoms with Gasteiger partial charge in [0.15, 0.2) is 0 Å². The van der Waals surface area contributed by atoms with Crippen LogP contribution in [0.2, 0.25) is 0 Å². The predicted molar refractivity (Wildman–Crippen MR) is 122 cm³/mol. The summed E-state index contributed by atoms with van der Waals surface area (Å²) in [7, 11) is 0. The molecule has 0 unspecified atom stereocenters. The lowest BCUT2D eigenvalue weighted by Crippen LogP contribution is -2.40. The van der Waals surface area contributed by atoms with Crippen LogP contribution in [0, 0.1) is 17.2 Å². The number of carboxylic acids is 2. The number of hydrogen-bond acceptors (Lipinski definition) is 6. The summed E-state index contributed by atoms with van der Waals surface area (Å²) in [6, 6.07) is 10.5. The molecule has 1 aromatic heterocycles. The van der Waals surface area contributed by atoms with Gasteiger partial charge in [-0.1, -0.05) is 18.2 Å². The molecule has 0 aliphatic carbocycles. The molecule has 1 amide bonds. The van der Waals surface area contributed by atoms with Crippen molar-refractivity contribution in [1.29, 1.82) is 0 Å². The zero-order chi connectivity index (χ0) is 30.1. The van der Waals surface area contributed by atoms with Crippen LogP contribution in [0.4, 0.5) is 30.7 Å². The standard InChI is InChI=1S/C20H22FN3O2.2C2HF3O2/c21-18-6-2-1-4-15(18)12-24-9-7-20(14-24)16(10-23-19(20)25)13-26-17-5-3-8-22-11-17;2*3-2(4,5)1(6)7/h1-6,8,11,16H,7,9-10,12-14H2,(H,23,25);2*(H,6,7)/t16-,20-;;/m1../s1. The van der Waals surface area contributed by atoms with Gasteiger partial charge in [0, 0.05) is 37.3 Å². The largest absolute Gasteiger partial charge is 0.492 e. The Morgan fingerprint density at radius 1 is 1.05 bits per heavy atom. The van der Waals surface area contributed by atoms with Crippen molar-refractivity contribution in [2.75, 3.05) is 26.2 Å². The molecule has 2 fully saturated rings. The number of pyridine rings is 1. The lowest BCUT2D eigenvalue weighted by atomic mass is 9.77. The lowest BCUT2D eigenvalue weighted by molar-refractivity contribution is -0.193. The minimum Gasteiger partial charge on any atom is -0.492 e. The van der Waals surface area contributed by atoms with E-state index in [-0.39, 0.29) is 17.6 Å². The molecule has 2 aliphatic rings. The number of carbonyl (C=O) groups excluding carboxylic acids is 1. The molecule has 220 valence electrons. The monoisotopic (exact) mass is 583 g/mol. The molecule has 0 radical (unpaired) electrons. The number of halogens is 7. The highest BCUT2D eigenvalue weighted by Crippen LogP contribution is 2.42.